The molecule has 0 saturated carbocycles. The van der Waals surface area contributed by atoms with Crippen molar-refractivity contribution in [3.05, 3.63) is 23.3 Å². The number of carbonyl (C=O) groups is 2. The number of epoxide rings is 2. The SMILES string of the molecule is CC12CCC(C(=O)OCCOC(=O)C3=CC4OC4(C)CC3)=CC1O2. The van der Waals surface area contributed by atoms with E-state index < -0.39 is 0 Å². The highest BCUT2D eigenvalue weighted by atomic mass is 16.6. The molecule has 2 saturated heterocycles. The zero-order valence-corrected chi connectivity index (χ0v) is 14.0. The Kier molecular flexibility index (Phi) is 3.58. The van der Waals surface area contributed by atoms with Crippen molar-refractivity contribution in [2.75, 3.05) is 13.2 Å². The summed E-state index contributed by atoms with van der Waals surface area (Å²) in [7, 11) is 0. The number of ether oxygens (including phenoxy) is 4. The third-order valence-corrected chi connectivity index (χ3v) is 5.44. The summed E-state index contributed by atoms with van der Waals surface area (Å²) in [5, 5.41) is 0. The van der Waals surface area contributed by atoms with Crippen LogP contribution in [-0.4, -0.2) is 48.6 Å². The van der Waals surface area contributed by atoms with E-state index in [0.29, 0.717) is 24.0 Å². The highest BCUT2D eigenvalue weighted by molar-refractivity contribution is 5.89. The van der Waals surface area contributed by atoms with Gasteiger partial charge in [-0.25, -0.2) is 9.59 Å². The molecule has 0 N–H and O–H groups in total. The van der Waals surface area contributed by atoms with E-state index in [2.05, 4.69) is 0 Å². The van der Waals surface area contributed by atoms with Crippen LogP contribution in [-0.2, 0) is 28.5 Å². The lowest BCUT2D eigenvalue weighted by Gasteiger charge is -2.15. The van der Waals surface area contributed by atoms with E-state index in [0.717, 1.165) is 12.8 Å². The number of rotatable bonds is 5. The van der Waals surface area contributed by atoms with Gasteiger partial charge in [-0.1, -0.05) is 0 Å². The van der Waals surface area contributed by atoms with Crippen LogP contribution in [0.1, 0.15) is 39.5 Å². The van der Waals surface area contributed by atoms with E-state index in [4.69, 9.17) is 18.9 Å². The number of hydrogen-bond donors (Lipinski definition) is 0. The van der Waals surface area contributed by atoms with Crippen LogP contribution >= 0.6 is 0 Å². The fraction of sp³-hybridized carbons (Fsp3) is 0.667. The number of hydrogen-bond acceptors (Lipinski definition) is 6. The zero-order chi connectivity index (χ0) is 16.9. The van der Waals surface area contributed by atoms with Gasteiger partial charge in [-0.15, -0.1) is 0 Å². The summed E-state index contributed by atoms with van der Waals surface area (Å²) in [6.45, 7) is 4.22. The monoisotopic (exact) mass is 334 g/mol. The molecule has 24 heavy (non-hydrogen) atoms. The van der Waals surface area contributed by atoms with Crippen molar-refractivity contribution in [2.45, 2.75) is 62.9 Å². The Morgan fingerprint density at radius 2 is 1.38 bits per heavy atom. The second kappa shape index (κ2) is 5.43. The minimum atomic E-state index is -0.345. The van der Waals surface area contributed by atoms with Crippen molar-refractivity contribution in [2.24, 2.45) is 0 Å². The molecule has 2 aliphatic heterocycles. The Morgan fingerprint density at radius 1 is 0.958 bits per heavy atom. The molecule has 0 aromatic rings. The molecule has 0 aromatic carbocycles. The summed E-state index contributed by atoms with van der Waals surface area (Å²) >= 11 is 0. The molecule has 0 aromatic heterocycles. The van der Waals surface area contributed by atoms with Gasteiger partial charge in [0.1, 0.15) is 25.4 Å². The Morgan fingerprint density at radius 3 is 1.75 bits per heavy atom. The molecule has 4 atom stereocenters. The van der Waals surface area contributed by atoms with E-state index in [1.807, 2.05) is 26.0 Å². The van der Waals surface area contributed by atoms with E-state index in [1.54, 1.807) is 0 Å². The normalized spacial score (nSPS) is 38.9. The molecule has 4 aliphatic rings. The lowest BCUT2D eigenvalue weighted by atomic mass is 9.91. The second-order valence-electron chi connectivity index (χ2n) is 7.36. The van der Waals surface area contributed by atoms with Crippen molar-refractivity contribution in [1.82, 2.24) is 0 Å². The smallest absolute Gasteiger partial charge is 0.333 e. The summed E-state index contributed by atoms with van der Waals surface area (Å²) in [6.07, 6.45) is 6.78. The maximum Gasteiger partial charge on any atom is 0.333 e. The lowest BCUT2D eigenvalue weighted by molar-refractivity contribution is -0.147. The van der Waals surface area contributed by atoms with Gasteiger partial charge in [-0.05, 0) is 51.7 Å². The predicted octanol–water partition coefficient (Wildman–Crippen LogP) is 1.83. The van der Waals surface area contributed by atoms with Crippen molar-refractivity contribution in [3.63, 3.8) is 0 Å². The van der Waals surface area contributed by atoms with Crippen LogP contribution in [0.5, 0.6) is 0 Å². The van der Waals surface area contributed by atoms with Gasteiger partial charge >= 0.3 is 11.9 Å². The average Bonchev–Trinajstić information content (AvgIpc) is 3.42. The summed E-state index contributed by atoms with van der Waals surface area (Å²) < 4.78 is 21.4. The summed E-state index contributed by atoms with van der Waals surface area (Å²) in [4.78, 5) is 24.0. The van der Waals surface area contributed by atoms with Crippen molar-refractivity contribution in [1.29, 1.82) is 0 Å². The molecule has 4 unspecified atom stereocenters. The van der Waals surface area contributed by atoms with Crippen LogP contribution in [0.15, 0.2) is 23.3 Å². The fourth-order valence-electron chi connectivity index (χ4n) is 3.43. The minimum absolute atomic E-state index is 0.0418. The topological polar surface area (TPSA) is 77.7 Å². The van der Waals surface area contributed by atoms with Gasteiger partial charge in [0.25, 0.3) is 0 Å². The quantitative estimate of drug-likeness (QED) is 0.434. The summed E-state index contributed by atoms with van der Waals surface area (Å²) in [5.74, 6) is -0.690. The van der Waals surface area contributed by atoms with Gasteiger partial charge in [-0.3, -0.25) is 0 Å². The largest absolute Gasteiger partial charge is 0.459 e. The third-order valence-electron chi connectivity index (χ3n) is 5.44. The molecule has 6 heteroatoms. The first-order chi connectivity index (χ1) is 11.4. The van der Waals surface area contributed by atoms with Gasteiger partial charge in [0.2, 0.25) is 0 Å². The summed E-state index contributed by atoms with van der Waals surface area (Å²) in [5.41, 5.74) is 1.16. The van der Waals surface area contributed by atoms with Gasteiger partial charge < -0.3 is 18.9 Å². The van der Waals surface area contributed by atoms with Gasteiger partial charge in [0.15, 0.2) is 0 Å². The van der Waals surface area contributed by atoms with Crippen LogP contribution in [0.25, 0.3) is 0 Å². The first-order valence-corrected chi connectivity index (χ1v) is 8.51. The van der Waals surface area contributed by atoms with E-state index >= 15 is 0 Å². The highest BCUT2D eigenvalue weighted by Gasteiger charge is 2.54. The molecular formula is C18H22O6. The molecule has 0 bridgehead atoms. The zero-order valence-electron chi connectivity index (χ0n) is 14.0. The van der Waals surface area contributed by atoms with Crippen molar-refractivity contribution in [3.8, 4) is 0 Å². The molecule has 4 rings (SSSR count). The molecule has 2 fully saturated rings. The number of esters is 2. The Labute approximate surface area is 140 Å². The van der Waals surface area contributed by atoms with Crippen LogP contribution in [0.4, 0.5) is 0 Å². The number of carbonyl (C=O) groups excluding carboxylic acids is 2. The molecular weight excluding hydrogens is 312 g/mol. The van der Waals surface area contributed by atoms with E-state index in [-0.39, 0.29) is 48.6 Å². The highest BCUT2D eigenvalue weighted by Crippen LogP contribution is 2.46. The first kappa shape index (κ1) is 15.8. The molecule has 0 spiro atoms. The standard InChI is InChI=1S/C18H22O6/c1-17-5-3-11(9-13(17)23-17)15(19)21-7-8-22-16(20)12-4-6-18(2)14(10-12)24-18/h9-10,13-14H,3-8H2,1-2H3. The minimum Gasteiger partial charge on any atom is -0.459 e. The van der Waals surface area contributed by atoms with Crippen molar-refractivity contribution < 1.29 is 28.5 Å². The maximum atomic E-state index is 12.0. The second-order valence-corrected chi connectivity index (χ2v) is 7.36. The van der Waals surface area contributed by atoms with Crippen LogP contribution in [0, 0.1) is 0 Å². The number of fused-ring (bicyclic) bond motifs is 2. The molecule has 0 radical (unpaired) electrons. The van der Waals surface area contributed by atoms with Gasteiger partial charge in [0, 0.05) is 11.1 Å². The van der Waals surface area contributed by atoms with Crippen LogP contribution in [0.3, 0.4) is 0 Å². The molecule has 2 heterocycles. The van der Waals surface area contributed by atoms with Crippen LogP contribution in [0.2, 0.25) is 0 Å². The Bertz CT molecular complexity index is 594. The Balaban J connectivity index is 1.18. The lowest BCUT2D eigenvalue weighted by Crippen LogP contribution is -2.22. The first-order valence-electron chi connectivity index (χ1n) is 8.51. The molecule has 2 aliphatic carbocycles. The maximum absolute atomic E-state index is 12.0. The van der Waals surface area contributed by atoms with E-state index in [9.17, 15) is 9.59 Å². The predicted molar refractivity (Wildman–Crippen MR) is 83.1 cm³/mol. The summed E-state index contributed by atoms with van der Waals surface area (Å²) in [6, 6.07) is 0. The van der Waals surface area contributed by atoms with Gasteiger partial charge in [-0.2, -0.15) is 0 Å². The fourth-order valence-corrected chi connectivity index (χ4v) is 3.43. The average molecular weight is 334 g/mol. The van der Waals surface area contributed by atoms with E-state index in [1.165, 1.54) is 0 Å². The van der Waals surface area contributed by atoms with Gasteiger partial charge in [0.05, 0.1) is 11.2 Å². The molecule has 0 amide bonds. The van der Waals surface area contributed by atoms with Crippen molar-refractivity contribution >= 4 is 11.9 Å². The molecule has 130 valence electrons. The Hall–Kier alpha value is -1.66. The third kappa shape index (κ3) is 2.89. The molecule has 6 nitrogen and oxygen atoms in total. The van der Waals surface area contributed by atoms with Crippen LogP contribution < -0.4 is 0 Å².